The molecule has 0 spiro atoms. The minimum Gasteiger partial charge on any atom is -0.478 e. The molecule has 0 aliphatic carbocycles. The molecule has 26 heavy (non-hydrogen) atoms. The van der Waals surface area contributed by atoms with Crippen molar-refractivity contribution in [3.8, 4) is 5.75 Å². The summed E-state index contributed by atoms with van der Waals surface area (Å²) in [5.41, 5.74) is 0.901. The number of carboxylic acid groups (broad SMARTS) is 1. The Balaban J connectivity index is 1.95. The summed E-state index contributed by atoms with van der Waals surface area (Å²) in [5, 5.41) is 9.28. The molecular formula is C19H13NO6. The first-order valence-electron chi connectivity index (χ1n) is 7.58. The van der Waals surface area contributed by atoms with Crippen LogP contribution in [-0.4, -0.2) is 28.9 Å². The molecule has 0 saturated carbocycles. The molecule has 7 nitrogen and oxygen atoms in total. The smallest absolute Gasteiger partial charge is 0.363 e. The van der Waals surface area contributed by atoms with Gasteiger partial charge in [0.05, 0.1) is 0 Å². The van der Waals surface area contributed by atoms with Crippen molar-refractivity contribution in [3.05, 3.63) is 70.9 Å². The van der Waals surface area contributed by atoms with Gasteiger partial charge in [-0.1, -0.05) is 24.3 Å². The molecule has 2 aromatic carbocycles. The number of carboxylic acids is 1. The van der Waals surface area contributed by atoms with Gasteiger partial charge in [-0.3, -0.25) is 4.79 Å². The third kappa shape index (κ3) is 3.67. The molecule has 0 atom stereocenters. The highest BCUT2D eigenvalue weighted by Gasteiger charge is 2.24. The van der Waals surface area contributed by atoms with Crippen molar-refractivity contribution in [3.63, 3.8) is 0 Å². The predicted octanol–water partition coefficient (Wildman–Crippen LogP) is 2.65. The Kier molecular flexibility index (Phi) is 4.62. The largest absolute Gasteiger partial charge is 0.478 e. The zero-order chi connectivity index (χ0) is 18.7. The summed E-state index contributed by atoms with van der Waals surface area (Å²) < 4.78 is 10.0. The van der Waals surface area contributed by atoms with E-state index >= 15 is 0 Å². The number of benzene rings is 2. The molecule has 0 unspecified atom stereocenters. The van der Waals surface area contributed by atoms with Gasteiger partial charge in [-0.05, 0) is 35.9 Å². The lowest BCUT2D eigenvalue weighted by Crippen LogP contribution is -2.07. The molecule has 1 aliphatic heterocycles. The first-order valence-corrected chi connectivity index (χ1v) is 7.58. The zero-order valence-corrected chi connectivity index (χ0v) is 13.6. The number of hydrogen-bond acceptors (Lipinski definition) is 6. The standard InChI is InChI=1S/C19H13NO6/c1-11(21)25-16-8-7-12(9-14(16)18(22)23)10-15-19(24)26-17(20-15)13-5-3-2-4-6-13/h2-10H,1H3,(H,22,23)/b15-10+. The van der Waals surface area contributed by atoms with Crippen molar-refractivity contribution in [1.82, 2.24) is 0 Å². The van der Waals surface area contributed by atoms with E-state index in [4.69, 9.17) is 9.47 Å². The number of ether oxygens (including phenoxy) is 2. The average Bonchev–Trinajstić information content (AvgIpc) is 2.97. The van der Waals surface area contributed by atoms with Crippen molar-refractivity contribution in [2.24, 2.45) is 4.99 Å². The Morgan fingerprint density at radius 1 is 1.15 bits per heavy atom. The van der Waals surface area contributed by atoms with Gasteiger partial charge in [0, 0.05) is 12.5 Å². The number of rotatable bonds is 4. The Bertz CT molecular complexity index is 959. The Labute approximate surface area is 148 Å². The number of nitrogens with zero attached hydrogens (tertiary/aromatic N) is 1. The second-order valence-electron chi connectivity index (χ2n) is 5.36. The number of carbonyl (C=O) groups is 3. The number of esters is 2. The molecule has 0 aromatic heterocycles. The Hall–Kier alpha value is -3.74. The van der Waals surface area contributed by atoms with E-state index in [0.717, 1.165) is 0 Å². The summed E-state index contributed by atoms with van der Waals surface area (Å²) in [5.74, 6) is -2.42. The Morgan fingerprint density at radius 2 is 1.88 bits per heavy atom. The van der Waals surface area contributed by atoms with Crippen LogP contribution in [0.25, 0.3) is 6.08 Å². The highest BCUT2D eigenvalue weighted by molar-refractivity contribution is 6.12. The van der Waals surface area contributed by atoms with Crippen LogP contribution in [0.5, 0.6) is 5.75 Å². The summed E-state index contributed by atoms with van der Waals surface area (Å²) in [6, 6.07) is 13.1. The normalized spacial score (nSPS) is 14.7. The van der Waals surface area contributed by atoms with Gasteiger partial charge < -0.3 is 14.6 Å². The van der Waals surface area contributed by atoms with E-state index in [1.165, 1.54) is 31.2 Å². The molecular weight excluding hydrogens is 338 g/mol. The molecule has 0 radical (unpaired) electrons. The lowest BCUT2D eigenvalue weighted by Gasteiger charge is -2.06. The number of cyclic esters (lactones) is 1. The molecule has 1 heterocycles. The molecule has 0 bridgehead atoms. The average molecular weight is 351 g/mol. The summed E-state index contributed by atoms with van der Waals surface area (Å²) in [6.07, 6.45) is 1.41. The first-order chi connectivity index (χ1) is 12.4. The monoisotopic (exact) mass is 351 g/mol. The molecule has 3 rings (SSSR count). The molecule has 0 amide bonds. The molecule has 1 N–H and O–H groups in total. The minimum atomic E-state index is -1.26. The second kappa shape index (κ2) is 7.02. The van der Waals surface area contributed by atoms with Crippen molar-refractivity contribution < 1.29 is 29.0 Å². The van der Waals surface area contributed by atoms with Crippen LogP contribution in [0.2, 0.25) is 0 Å². The van der Waals surface area contributed by atoms with Crippen LogP contribution in [0.3, 0.4) is 0 Å². The van der Waals surface area contributed by atoms with Crippen LogP contribution in [0.1, 0.15) is 28.4 Å². The number of hydrogen-bond donors (Lipinski definition) is 1. The minimum absolute atomic E-state index is 0.0421. The van der Waals surface area contributed by atoms with Gasteiger partial charge >= 0.3 is 17.9 Å². The van der Waals surface area contributed by atoms with Gasteiger partial charge in [0.1, 0.15) is 11.3 Å². The Morgan fingerprint density at radius 3 is 2.54 bits per heavy atom. The fourth-order valence-corrected chi connectivity index (χ4v) is 2.32. The topological polar surface area (TPSA) is 102 Å². The molecule has 0 fully saturated rings. The zero-order valence-electron chi connectivity index (χ0n) is 13.6. The van der Waals surface area contributed by atoms with E-state index in [0.29, 0.717) is 11.1 Å². The SMILES string of the molecule is CC(=O)Oc1ccc(/C=C2/N=C(c3ccccc3)OC2=O)cc1C(=O)O. The van der Waals surface area contributed by atoms with Crippen LogP contribution in [-0.2, 0) is 14.3 Å². The van der Waals surface area contributed by atoms with E-state index in [1.807, 2.05) is 6.07 Å². The van der Waals surface area contributed by atoms with Crippen molar-refractivity contribution in [1.29, 1.82) is 0 Å². The highest BCUT2D eigenvalue weighted by Crippen LogP contribution is 2.24. The lowest BCUT2D eigenvalue weighted by atomic mass is 10.1. The quantitative estimate of drug-likeness (QED) is 0.516. The number of carbonyl (C=O) groups excluding carboxylic acids is 2. The predicted molar refractivity (Wildman–Crippen MR) is 91.8 cm³/mol. The van der Waals surface area contributed by atoms with Gasteiger partial charge in [0.15, 0.2) is 5.70 Å². The van der Waals surface area contributed by atoms with E-state index in [-0.39, 0.29) is 22.9 Å². The van der Waals surface area contributed by atoms with Crippen LogP contribution >= 0.6 is 0 Å². The van der Waals surface area contributed by atoms with Crippen molar-refractivity contribution in [2.45, 2.75) is 6.92 Å². The molecule has 2 aromatic rings. The van der Waals surface area contributed by atoms with E-state index in [2.05, 4.69) is 4.99 Å². The van der Waals surface area contributed by atoms with Gasteiger partial charge in [-0.15, -0.1) is 0 Å². The summed E-state index contributed by atoms with van der Waals surface area (Å²) >= 11 is 0. The molecule has 0 saturated heterocycles. The van der Waals surface area contributed by atoms with Gasteiger partial charge in [-0.25, -0.2) is 14.6 Å². The number of aromatic carboxylic acids is 1. The van der Waals surface area contributed by atoms with Gasteiger partial charge in [0.2, 0.25) is 5.90 Å². The summed E-state index contributed by atoms with van der Waals surface area (Å²) in [4.78, 5) is 38.6. The maximum atomic E-state index is 12.0. The van der Waals surface area contributed by atoms with Crippen LogP contribution in [0, 0.1) is 0 Å². The van der Waals surface area contributed by atoms with E-state index in [9.17, 15) is 19.5 Å². The fraction of sp³-hybridized carbons (Fsp3) is 0.0526. The van der Waals surface area contributed by atoms with E-state index in [1.54, 1.807) is 24.3 Å². The first kappa shape index (κ1) is 17.1. The van der Waals surface area contributed by atoms with Crippen LogP contribution in [0.15, 0.2) is 59.2 Å². The number of aliphatic imine (C=N–C) groups is 1. The van der Waals surface area contributed by atoms with E-state index < -0.39 is 17.9 Å². The lowest BCUT2D eigenvalue weighted by molar-refractivity contribution is -0.132. The van der Waals surface area contributed by atoms with Crippen LogP contribution < -0.4 is 4.74 Å². The van der Waals surface area contributed by atoms with Gasteiger partial charge in [0.25, 0.3) is 0 Å². The second-order valence-corrected chi connectivity index (χ2v) is 5.36. The molecule has 7 heteroatoms. The summed E-state index contributed by atoms with van der Waals surface area (Å²) in [7, 11) is 0. The van der Waals surface area contributed by atoms with Gasteiger partial charge in [-0.2, -0.15) is 0 Å². The third-order valence-electron chi connectivity index (χ3n) is 3.43. The maximum absolute atomic E-state index is 12.0. The molecule has 1 aliphatic rings. The summed E-state index contributed by atoms with van der Waals surface area (Å²) in [6.45, 7) is 1.18. The van der Waals surface area contributed by atoms with Crippen LogP contribution in [0.4, 0.5) is 0 Å². The molecule has 130 valence electrons. The maximum Gasteiger partial charge on any atom is 0.363 e. The fourth-order valence-electron chi connectivity index (χ4n) is 2.32. The third-order valence-corrected chi connectivity index (χ3v) is 3.43. The van der Waals surface area contributed by atoms with Crippen molar-refractivity contribution >= 4 is 29.9 Å². The van der Waals surface area contributed by atoms with Crippen molar-refractivity contribution in [2.75, 3.05) is 0 Å². The highest BCUT2D eigenvalue weighted by atomic mass is 16.6.